The fourth-order valence-electron chi connectivity index (χ4n) is 1.21. The second-order valence-electron chi connectivity index (χ2n) is 3.77. The summed E-state index contributed by atoms with van der Waals surface area (Å²) in [6, 6.07) is 3.81. The summed E-state index contributed by atoms with van der Waals surface area (Å²) in [5.74, 6) is -0.640. The maximum Gasteiger partial charge on any atom is 0.326 e. The van der Waals surface area contributed by atoms with Crippen molar-refractivity contribution in [2.24, 2.45) is 0 Å². The van der Waals surface area contributed by atoms with Crippen LogP contribution in [0.3, 0.4) is 0 Å². The van der Waals surface area contributed by atoms with Crippen LogP contribution in [0, 0.1) is 0 Å². The molecule has 0 aromatic heterocycles. The Morgan fingerprint density at radius 3 is 2.37 bits per heavy atom. The summed E-state index contributed by atoms with van der Waals surface area (Å²) in [6.45, 7) is 1.91. The van der Waals surface area contributed by atoms with E-state index in [1.54, 1.807) is 4.89 Å². The molecule has 0 saturated heterocycles. The zero-order chi connectivity index (χ0) is 14.5. The molecule has 0 bridgehead atoms. The lowest BCUT2D eigenvalue weighted by Crippen LogP contribution is -2.27. The van der Waals surface area contributed by atoms with Gasteiger partial charge in [0.25, 0.3) is 10.0 Å². The van der Waals surface area contributed by atoms with E-state index in [2.05, 4.69) is 4.84 Å². The molecule has 0 fully saturated rings. The van der Waals surface area contributed by atoms with Crippen LogP contribution in [0.5, 0.6) is 0 Å². The smallest absolute Gasteiger partial charge is 0.326 e. The molecule has 5 nitrogen and oxygen atoms in total. The highest BCUT2D eigenvalue weighted by Gasteiger charge is 2.17. The third-order valence-electron chi connectivity index (χ3n) is 2.15. The van der Waals surface area contributed by atoms with Crippen molar-refractivity contribution in [1.82, 2.24) is 4.89 Å². The van der Waals surface area contributed by atoms with Crippen LogP contribution >= 0.6 is 23.2 Å². The molecule has 8 heteroatoms. The zero-order valence-corrected chi connectivity index (χ0v) is 12.5. The van der Waals surface area contributed by atoms with Gasteiger partial charge in [0.05, 0.1) is 4.90 Å². The Labute approximate surface area is 121 Å². The minimum atomic E-state index is -3.99. The lowest BCUT2D eigenvalue weighted by atomic mass is 10.3. The van der Waals surface area contributed by atoms with Crippen LogP contribution in [0.25, 0.3) is 0 Å². The Morgan fingerprint density at radius 1 is 1.26 bits per heavy atom. The van der Waals surface area contributed by atoms with Gasteiger partial charge in [-0.25, -0.2) is 8.42 Å². The Hall–Kier alpha value is -0.820. The molecular formula is C11H13Cl2NO4S. The van der Waals surface area contributed by atoms with Gasteiger partial charge < -0.3 is 4.84 Å². The van der Waals surface area contributed by atoms with Crippen molar-refractivity contribution in [2.75, 3.05) is 0 Å². The number of carbonyl (C=O) groups is 1. The van der Waals surface area contributed by atoms with Gasteiger partial charge in [-0.1, -0.05) is 36.5 Å². The molecule has 106 valence electrons. The second-order valence-corrected chi connectivity index (χ2v) is 6.29. The SMILES string of the molecule is CCCCC(=O)ONS(=O)(=O)c1cc(Cl)cc(Cl)c1. The van der Waals surface area contributed by atoms with E-state index in [1.165, 1.54) is 18.2 Å². The van der Waals surface area contributed by atoms with Crippen molar-refractivity contribution >= 4 is 39.2 Å². The summed E-state index contributed by atoms with van der Waals surface area (Å²) in [5.41, 5.74) is 0. The first-order chi connectivity index (χ1) is 8.85. The van der Waals surface area contributed by atoms with E-state index in [4.69, 9.17) is 23.2 Å². The minimum absolute atomic E-state index is 0.148. The number of carbonyl (C=O) groups excluding carboxylic acids is 1. The summed E-state index contributed by atoms with van der Waals surface area (Å²) in [4.78, 5) is 17.3. The molecule has 0 unspecified atom stereocenters. The van der Waals surface area contributed by atoms with Gasteiger partial charge in [-0.3, -0.25) is 4.79 Å². The van der Waals surface area contributed by atoms with Crippen LogP contribution < -0.4 is 4.89 Å². The van der Waals surface area contributed by atoms with Gasteiger partial charge in [-0.15, -0.1) is 0 Å². The predicted octanol–water partition coefficient (Wildman–Crippen LogP) is 2.92. The van der Waals surface area contributed by atoms with Gasteiger partial charge in [0, 0.05) is 16.5 Å². The van der Waals surface area contributed by atoms with E-state index >= 15 is 0 Å². The third kappa shape index (κ3) is 5.36. The molecule has 0 aliphatic carbocycles. The summed E-state index contributed by atoms with van der Waals surface area (Å²) in [5, 5.41) is 0.343. The van der Waals surface area contributed by atoms with Crippen molar-refractivity contribution in [3.05, 3.63) is 28.2 Å². The van der Waals surface area contributed by atoms with Crippen LogP contribution in [0.15, 0.2) is 23.1 Å². The normalized spacial score (nSPS) is 11.3. The van der Waals surface area contributed by atoms with Crippen LogP contribution in [0.4, 0.5) is 0 Å². The number of sulfonamides is 1. The van der Waals surface area contributed by atoms with Crippen molar-refractivity contribution in [2.45, 2.75) is 31.1 Å². The molecular weight excluding hydrogens is 313 g/mol. The first-order valence-corrected chi connectivity index (χ1v) is 7.76. The molecule has 1 rings (SSSR count). The summed E-state index contributed by atoms with van der Waals surface area (Å²) >= 11 is 11.4. The molecule has 0 radical (unpaired) electrons. The van der Waals surface area contributed by atoms with Gasteiger partial charge in [-0.2, -0.15) is 0 Å². The largest absolute Gasteiger partial charge is 0.356 e. The van der Waals surface area contributed by atoms with Crippen LogP contribution in [0.1, 0.15) is 26.2 Å². The molecule has 0 atom stereocenters. The molecule has 0 spiro atoms. The Kier molecular flexibility index (Phi) is 6.06. The average Bonchev–Trinajstić information content (AvgIpc) is 2.32. The molecule has 1 N–H and O–H groups in total. The number of unbranched alkanes of at least 4 members (excludes halogenated alkanes) is 1. The highest BCUT2D eigenvalue weighted by molar-refractivity contribution is 7.89. The van der Waals surface area contributed by atoms with E-state index in [0.717, 1.165) is 6.42 Å². The quantitative estimate of drug-likeness (QED) is 0.816. The van der Waals surface area contributed by atoms with E-state index in [9.17, 15) is 13.2 Å². The van der Waals surface area contributed by atoms with Crippen molar-refractivity contribution in [3.8, 4) is 0 Å². The monoisotopic (exact) mass is 325 g/mol. The summed E-state index contributed by atoms with van der Waals surface area (Å²) in [7, 11) is -3.99. The number of halogens is 2. The number of rotatable bonds is 6. The van der Waals surface area contributed by atoms with Gasteiger partial charge >= 0.3 is 5.97 Å². The standard InChI is InChI=1S/C11H13Cl2NO4S/c1-2-3-4-11(15)18-14-19(16,17)10-6-8(12)5-9(13)7-10/h5-7,14H,2-4H2,1H3. The van der Waals surface area contributed by atoms with Gasteiger partial charge in [0.15, 0.2) is 0 Å². The van der Waals surface area contributed by atoms with E-state index in [-0.39, 0.29) is 21.4 Å². The zero-order valence-electron chi connectivity index (χ0n) is 10.2. The molecule has 0 aliphatic rings. The summed E-state index contributed by atoms with van der Waals surface area (Å²) < 4.78 is 23.6. The van der Waals surface area contributed by atoms with E-state index in [1.807, 2.05) is 6.92 Å². The fraction of sp³-hybridized carbons (Fsp3) is 0.364. The predicted molar refractivity (Wildman–Crippen MR) is 72.4 cm³/mol. The maximum atomic E-state index is 11.8. The Bertz CT molecular complexity index is 540. The third-order valence-corrected chi connectivity index (χ3v) is 3.74. The molecule has 0 amide bonds. The van der Waals surface area contributed by atoms with Gasteiger partial charge in [0.2, 0.25) is 0 Å². The highest BCUT2D eigenvalue weighted by Crippen LogP contribution is 2.22. The number of nitrogens with one attached hydrogen (secondary N) is 1. The summed E-state index contributed by atoms with van der Waals surface area (Å²) in [6.07, 6.45) is 1.59. The molecule has 1 aromatic carbocycles. The number of hydrogen-bond acceptors (Lipinski definition) is 4. The second kappa shape index (κ2) is 7.09. The molecule has 0 heterocycles. The Morgan fingerprint density at radius 2 is 1.84 bits per heavy atom. The van der Waals surface area contributed by atoms with Crippen molar-refractivity contribution in [1.29, 1.82) is 0 Å². The lowest BCUT2D eigenvalue weighted by molar-refractivity contribution is -0.147. The van der Waals surface area contributed by atoms with Crippen LogP contribution in [-0.4, -0.2) is 14.4 Å². The van der Waals surface area contributed by atoms with Crippen molar-refractivity contribution in [3.63, 3.8) is 0 Å². The number of hydrogen-bond donors (Lipinski definition) is 1. The first-order valence-electron chi connectivity index (χ1n) is 5.52. The van der Waals surface area contributed by atoms with Gasteiger partial charge in [0.1, 0.15) is 0 Å². The molecule has 0 saturated carbocycles. The maximum absolute atomic E-state index is 11.8. The van der Waals surface area contributed by atoms with Crippen molar-refractivity contribution < 1.29 is 18.0 Å². The fourth-order valence-corrected chi connectivity index (χ4v) is 2.72. The topological polar surface area (TPSA) is 72.5 Å². The molecule has 0 aliphatic heterocycles. The molecule has 19 heavy (non-hydrogen) atoms. The van der Waals surface area contributed by atoms with Crippen LogP contribution in [-0.2, 0) is 19.7 Å². The average molecular weight is 326 g/mol. The highest BCUT2D eigenvalue weighted by atomic mass is 35.5. The Balaban J connectivity index is 2.73. The van der Waals surface area contributed by atoms with Crippen LogP contribution in [0.2, 0.25) is 10.0 Å². The lowest BCUT2D eigenvalue weighted by Gasteiger charge is -2.07. The van der Waals surface area contributed by atoms with Gasteiger partial charge in [-0.05, 0) is 29.5 Å². The first kappa shape index (κ1) is 16.2. The minimum Gasteiger partial charge on any atom is -0.356 e. The van der Waals surface area contributed by atoms with E-state index in [0.29, 0.717) is 6.42 Å². The molecule has 1 aromatic rings. The number of benzene rings is 1. The van der Waals surface area contributed by atoms with E-state index < -0.39 is 16.0 Å².